The fourth-order valence-corrected chi connectivity index (χ4v) is 1.04. The Hall–Kier alpha value is -1.16. The summed E-state index contributed by atoms with van der Waals surface area (Å²) in [4.78, 5) is 13.7. The zero-order valence-electron chi connectivity index (χ0n) is 6.08. The number of hydrogen-bond donors (Lipinski definition) is 0. The van der Waals surface area contributed by atoms with Gasteiger partial charge in [-0.05, 0) is 22.0 Å². The van der Waals surface area contributed by atoms with Crippen LogP contribution >= 0.6 is 15.9 Å². The molecule has 3 nitrogen and oxygen atoms in total. The van der Waals surface area contributed by atoms with Gasteiger partial charge in [0.15, 0.2) is 0 Å². The van der Waals surface area contributed by atoms with Crippen LogP contribution in [0, 0.1) is 0 Å². The molecule has 0 atom stereocenters. The van der Waals surface area contributed by atoms with Gasteiger partial charge in [-0.1, -0.05) is 6.58 Å². The molecule has 0 amide bonds. The maximum absolute atomic E-state index is 9.83. The Morgan fingerprint density at radius 1 is 1.67 bits per heavy atom. The molecule has 0 unspecified atom stereocenters. The summed E-state index contributed by atoms with van der Waals surface area (Å²) in [6, 6.07) is 1.74. The van der Waals surface area contributed by atoms with Crippen LogP contribution in [0.3, 0.4) is 0 Å². The Balaban J connectivity index is 2.87. The summed E-state index contributed by atoms with van der Waals surface area (Å²) < 4.78 is 5.22. The first-order valence-corrected chi connectivity index (χ1v) is 3.87. The van der Waals surface area contributed by atoms with Gasteiger partial charge in [0.25, 0.3) is 0 Å². The quantitative estimate of drug-likeness (QED) is 0.740. The number of pyridine rings is 1. The summed E-state index contributed by atoms with van der Waals surface area (Å²) in [6.45, 7) is 4.80. The van der Waals surface area contributed by atoms with E-state index >= 15 is 0 Å². The lowest BCUT2D eigenvalue weighted by molar-refractivity contribution is 0.419. The molecule has 12 heavy (non-hydrogen) atoms. The van der Waals surface area contributed by atoms with Gasteiger partial charge in [0, 0.05) is 22.4 Å². The normalized spacial score (nSPS) is 9.08. The highest BCUT2D eigenvalue weighted by Gasteiger charge is 2.00. The molecule has 1 radical (unpaired) electrons. The summed E-state index contributed by atoms with van der Waals surface area (Å²) >= 11 is 3.22. The zero-order valence-corrected chi connectivity index (χ0v) is 7.67. The van der Waals surface area contributed by atoms with E-state index in [1.165, 1.54) is 6.47 Å². The molecule has 0 bridgehead atoms. The zero-order chi connectivity index (χ0) is 8.97. The van der Waals surface area contributed by atoms with Crippen molar-refractivity contribution < 1.29 is 9.53 Å². The lowest BCUT2D eigenvalue weighted by Crippen LogP contribution is -1.88. The molecular formula is C8H5BrNO2. The van der Waals surface area contributed by atoms with Crippen molar-refractivity contribution in [3.8, 4) is 0 Å². The minimum Gasteiger partial charge on any atom is -0.418 e. The number of halogens is 1. The third-order valence-corrected chi connectivity index (χ3v) is 1.63. The van der Waals surface area contributed by atoms with E-state index in [1.54, 1.807) is 18.5 Å². The van der Waals surface area contributed by atoms with E-state index < -0.39 is 0 Å². The van der Waals surface area contributed by atoms with E-state index in [9.17, 15) is 4.79 Å². The molecule has 1 aromatic rings. The van der Waals surface area contributed by atoms with Gasteiger partial charge in [0.2, 0.25) is 0 Å². The van der Waals surface area contributed by atoms with E-state index in [0.717, 1.165) is 4.47 Å². The van der Waals surface area contributed by atoms with Crippen LogP contribution in [0.5, 0.6) is 0 Å². The van der Waals surface area contributed by atoms with Crippen molar-refractivity contribution >= 4 is 28.2 Å². The van der Waals surface area contributed by atoms with Gasteiger partial charge < -0.3 is 4.74 Å². The minimum atomic E-state index is 0.235. The van der Waals surface area contributed by atoms with E-state index in [-0.39, 0.29) is 5.76 Å². The average molecular weight is 227 g/mol. The molecule has 0 N–H and O–H groups in total. The van der Waals surface area contributed by atoms with Crippen molar-refractivity contribution in [3.05, 3.63) is 35.1 Å². The molecular weight excluding hydrogens is 222 g/mol. The summed E-state index contributed by atoms with van der Waals surface area (Å²) in [7, 11) is 0. The van der Waals surface area contributed by atoms with Crippen molar-refractivity contribution in [2.45, 2.75) is 0 Å². The Kier molecular flexibility index (Phi) is 2.99. The minimum absolute atomic E-state index is 0.235. The highest BCUT2D eigenvalue weighted by Crippen LogP contribution is 2.16. The molecule has 1 aromatic heterocycles. The second kappa shape index (κ2) is 4.01. The lowest BCUT2D eigenvalue weighted by Gasteiger charge is -2.00. The Bertz CT molecular complexity index is 312. The highest BCUT2D eigenvalue weighted by atomic mass is 79.9. The Morgan fingerprint density at radius 3 is 3.00 bits per heavy atom. The van der Waals surface area contributed by atoms with Crippen LogP contribution in [-0.2, 0) is 9.53 Å². The molecule has 0 spiro atoms. The molecule has 1 heterocycles. The second-order valence-corrected chi connectivity index (χ2v) is 2.92. The van der Waals surface area contributed by atoms with Crippen molar-refractivity contribution in [3.63, 3.8) is 0 Å². The number of rotatable bonds is 3. The van der Waals surface area contributed by atoms with Gasteiger partial charge in [-0.2, -0.15) is 0 Å². The Morgan fingerprint density at radius 2 is 2.42 bits per heavy atom. The first kappa shape index (κ1) is 8.93. The van der Waals surface area contributed by atoms with Crippen molar-refractivity contribution in [2.24, 2.45) is 0 Å². The molecule has 0 aliphatic heterocycles. The van der Waals surface area contributed by atoms with Crippen molar-refractivity contribution in [1.29, 1.82) is 0 Å². The molecule has 4 heteroatoms. The van der Waals surface area contributed by atoms with Crippen LogP contribution in [0.25, 0.3) is 5.76 Å². The first-order valence-electron chi connectivity index (χ1n) is 3.08. The smallest absolute Gasteiger partial charge is 0.418 e. The van der Waals surface area contributed by atoms with Gasteiger partial charge in [0.1, 0.15) is 5.76 Å². The third-order valence-electron chi connectivity index (χ3n) is 1.19. The predicted octanol–water partition coefficient (Wildman–Crippen LogP) is 1.90. The molecule has 0 aromatic carbocycles. The van der Waals surface area contributed by atoms with Gasteiger partial charge in [0.05, 0.1) is 0 Å². The number of carbonyl (C=O) groups excluding carboxylic acids is 1. The topological polar surface area (TPSA) is 39.2 Å². The van der Waals surface area contributed by atoms with Gasteiger partial charge >= 0.3 is 6.47 Å². The van der Waals surface area contributed by atoms with E-state index in [1.807, 2.05) is 0 Å². The van der Waals surface area contributed by atoms with Crippen molar-refractivity contribution in [1.82, 2.24) is 4.98 Å². The van der Waals surface area contributed by atoms with Crippen LogP contribution in [0.15, 0.2) is 29.5 Å². The molecule has 0 aliphatic rings. The SMILES string of the molecule is C=C(O[C]=O)c1cncc(Br)c1. The van der Waals surface area contributed by atoms with Crippen LogP contribution in [-0.4, -0.2) is 11.5 Å². The highest BCUT2D eigenvalue weighted by molar-refractivity contribution is 9.10. The van der Waals surface area contributed by atoms with Crippen LogP contribution < -0.4 is 0 Å². The summed E-state index contributed by atoms with van der Waals surface area (Å²) in [5, 5.41) is 0. The monoisotopic (exact) mass is 226 g/mol. The number of hydrogen-bond acceptors (Lipinski definition) is 3. The summed E-state index contributed by atoms with van der Waals surface area (Å²) in [6.07, 6.45) is 3.17. The van der Waals surface area contributed by atoms with Crippen LogP contribution in [0.1, 0.15) is 5.56 Å². The standard InChI is InChI=1S/C8H5BrNO2/c1-6(12-5-11)7-2-8(9)4-10-3-7/h2-4H,1H2. The fourth-order valence-electron chi connectivity index (χ4n) is 0.674. The fraction of sp³-hybridized carbons (Fsp3) is 0. The van der Waals surface area contributed by atoms with Gasteiger partial charge in [-0.3, -0.25) is 4.98 Å². The summed E-state index contributed by atoms with van der Waals surface area (Å²) in [5.41, 5.74) is 0.646. The number of ether oxygens (including phenoxy) is 1. The molecule has 0 saturated carbocycles. The molecule has 0 saturated heterocycles. The predicted molar refractivity (Wildman–Crippen MR) is 47.7 cm³/mol. The number of aromatic nitrogens is 1. The summed E-state index contributed by atoms with van der Waals surface area (Å²) in [5.74, 6) is 0.235. The van der Waals surface area contributed by atoms with Crippen LogP contribution in [0.4, 0.5) is 0 Å². The molecule has 0 aliphatic carbocycles. The number of nitrogens with zero attached hydrogens (tertiary/aromatic N) is 1. The lowest BCUT2D eigenvalue weighted by atomic mass is 10.2. The second-order valence-electron chi connectivity index (χ2n) is 2.00. The van der Waals surface area contributed by atoms with E-state index in [4.69, 9.17) is 0 Å². The first-order chi connectivity index (χ1) is 5.74. The van der Waals surface area contributed by atoms with Crippen LogP contribution in [0.2, 0.25) is 0 Å². The van der Waals surface area contributed by atoms with Gasteiger partial charge in [-0.15, -0.1) is 0 Å². The van der Waals surface area contributed by atoms with E-state index in [0.29, 0.717) is 5.56 Å². The van der Waals surface area contributed by atoms with Gasteiger partial charge in [-0.25, -0.2) is 4.79 Å². The third kappa shape index (κ3) is 2.17. The molecule has 1 rings (SSSR count). The average Bonchev–Trinajstić information content (AvgIpc) is 2.05. The van der Waals surface area contributed by atoms with E-state index in [2.05, 4.69) is 32.2 Å². The Labute approximate surface area is 78.2 Å². The molecule has 61 valence electrons. The largest absolute Gasteiger partial charge is 0.423 e. The van der Waals surface area contributed by atoms with Crippen molar-refractivity contribution in [2.75, 3.05) is 0 Å². The maximum Gasteiger partial charge on any atom is 0.423 e. The molecule has 0 fully saturated rings. The maximum atomic E-state index is 9.83.